The summed E-state index contributed by atoms with van der Waals surface area (Å²) in [6.45, 7) is 0.160. The summed E-state index contributed by atoms with van der Waals surface area (Å²) in [5, 5.41) is 15.4. The molecule has 0 aliphatic carbocycles. The van der Waals surface area contributed by atoms with Gasteiger partial charge in [-0.2, -0.15) is 4.98 Å². The fraction of sp³-hybridized carbons (Fsp3) is 0.167. The van der Waals surface area contributed by atoms with E-state index in [2.05, 4.69) is 25.8 Å². The molecule has 0 bridgehead atoms. The van der Waals surface area contributed by atoms with Crippen molar-refractivity contribution in [1.29, 1.82) is 0 Å². The van der Waals surface area contributed by atoms with Gasteiger partial charge < -0.3 is 9.84 Å². The Balaban J connectivity index is 1.40. The molecule has 1 N–H and O–H groups in total. The number of halogens is 1. The molecule has 136 valence electrons. The van der Waals surface area contributed by atoms with E-state index in [-0.39, 0.29) is 18.9 Å². The van der Waals surface area contributed by atoms with Crippen molar-refractivity contribution in [3.8, 4) is 11.4 Å². The topological polar surface area (TPSA) is 98.7 Å². The number of nitrogens with one attached hydrogen (secondary N) is 1. The average Bonchev–Trinajstić information content (AvgIpc) is 3.29. The van der Waals surface area contributed by atoms with Crippen molar-refractivity contribution in [1.82, 2.24) is 30.5 Å². The van der Waals surface area contributed by atoms with Crippen molar-refractivity contribution >= 4 is 28.5 Å². The Morgan fingerprint density at radius 2 is 2.04 bits per heavy atom. The van der Waals surface area contributed by atoms with Crippen molar-refractivity contribution in [3.63, 3.8) is 0 Å². The Hall–Kier alpha value is -3.26. The highest BCUT2D eigenvalue weighted by Gasteiger charge is 2.12. The van der Waals surface area contributed by atoms with Crippen LogP contribution in [0.5, 0.6) is 0 Å². The predicted molar refractivity (Wildman–Crippen MR) is 98.8 cm³/mol. The Morgan fingerprint density at radius 3 is 2.85 bits per heavy atom. The summed E-state index contributed by atoms with van der Waals surface area (Å²) in [4.78, 5) is 16.4. The predicted octanol–water partition coefficient (Wildman–Crippen LogP) is 2.53. The van der Waals surface area contributed by atoms with Crippen LogP contribution in [-0.2, 0) is 24.8 Å². The lowest BCUT2D eigenvalue weighted by atomic mass is 10.1. The molecule has 2 aromatic carbocycles. The minimum atomic E-state index is -0.141. The highest BCUT2D eigenvalue weighted by Crippen LogP contribution is 2.20. The van der Waals surface area contributed by atoms with Crippen LogP contribution in [0.2, 0.25) is 5.02 Å². The van der Waals surface area contributed by atoms with Gasteiger partial charge in [-0.05, 0) is 35.9 Å². The lowest BCUT2D eigenvalue weighted by molar-refractivity contribution is -0.120. The van der Waals surface area contributed by atoms with E-state index >= 15 is 0 Å². The second-order valence-corrected chi connectivity index (χ2v) is 6.44. The molecule has 4 aromatic rings. The molecule has 0 unspecified atom stereocenters. The number of benzene rings is 2. The van der Waals surface area contributed by atoms with Crippen LogP contribution in [0.1, 0.15) is 11.5 Å². The van der Waals surface area contributed by atoms with Crippen LogP contribution in [0.25, 0.3) is 22.4 Å². The third-order valence-corrected chi connectivity index (χ3v) is 4.30. The summed E-state index contributed by atoms with van der Waals surface area (Å²) >= 11 is 5.84. The van der Waals surface area contributed by atoms with Gasteiger partial charge >= 0.3 is 0 Å². The highest BCUT2D eigenvalue weighted by atomic mass is 35.5. The fourth-order valence-electron chi connectivity index (χ4n) is 2.65. The second kappa shape index (κ2) is 7.16. The number of carbonyl (C=O) groups is 1. The number of rotatable bonds is 5. The number of amides is 1. The molecule has 27 heavy (non-hydrogen) atoms. The first kappa shape index (κ1) is 17.2. The summed E-state index contributed by atoms with van der Waals surface area (Å²) in [7, 11) is 1.83. The van der Waals surface area contributed by atoms with E-state index in [9.17, 15) is 4.79 Å². The maximum Gasteiger partial charge on any atom is 0.246 e. The number of aryl methyl sites for hydroxylation is 1. The minimum Gasteiger partial charge on any atom is -0.347 e. The molecule has 0 fully saturated rings. The second-order valence-electron chi connectivity index (χ2n) is 6.01. The lowest BCUT2D eigenvalue weighted by Gasteiger charge is -2.02. The molecular weight excluding hydrogens is 368 g/mol. The van der Waals surface area contributed by atoms with Crippen LogP contribution in [-0.4, -0.2) is 31.0 Å². The standard InChI is InChI=1S/C18H15ClN6O2/c1-25-15-7-4-12(9-14(15)22-24-25)18-21-17(27-23-18)10-20-16(26)8-11-2-5-13(19)6-3-11/h2-7,9H,8,10H2,1H3,(H,20,26). The summed E-state index contributed by atoms with van der Waals surface area (Å²) in [6.07, 6.45) is 0.251. The van der Waals surface area contributed by atoms with E-state index in [0.717, 1.165) is 22.2 Å². The van der Waals surface area contributed by atoms with Gasteiger partial charge in [0.05, 0.1) is 18.5 Å². The largest absolute Gasteiger partial charge is 0.347 e. The lowest BCUT2D eigenvalue weighted by Crippen LogP contribution is -2.24. The molecule has 9 heteroatoms. The molecule has 0 aliphatic rings. The average molecular weight is 383 g/mol. The van der Waals surface area contributed by atoms with Crippen LogP contribution < -0.4 is 5.32 Å². The summed E-state index contributed by atoms with van der Waals surface area (Å²) in [6, 6.07) is 12.7. The number of hydrogen-bond donors (Lipinski definition) is 1. The van der Waals surface area contributed by atoms with Crippen molar-refractivity contribution < 1.29 is 9.32 Å². The molecule has 0 saturated heterocycles. The molecular formula is C18H15ClN6O2. The van der Waals surface area contributed by atoms with E-state index in [1.165, 1.54) is 0 Å². The number of nitrogens with zero attached hydrogens (tertiary/aromatic N) is 5. The van der Waals surface area contributed by atoms with E-state index in [1.807, 2.05) is 37.4 Å². The van der Waals surface area contributed by atoms with Crippen molar-refractivity contribution in [2.24, 2.45) is 7.05 Å². The number of carbonyl (C=O) groups excluding carboxylic acids is 1. The van der Waals surface area contributed by atoms with E-state index in [4.69, 9.17) is 16.1 Å². The van der Waals surface area contributed by atoms with Gasteiger partial charge in [-0.15, -0.1) is 5.10 Å². The minimum absolute atomic E-state index is 0.141. The van der Waals surface area contributed by atoms with E-state index < -0.39 is 0 Å². The molecule has 0 spiro atoms. The molecule has 2 aromatic heterocycles. The molecule has 0 aliphatic heterocycles. The fourth-order valence-corrected chi connectivity index (χ4v) is 2.77. The van der Waals surface area contributed by atoms with Gasteiger partial charge in [-0.1, -0.05) is 34.1 Å². The SMILES string of the molecule is Cn1nnc2cc(-c3noc(CNC(=O)Cc4ccc(Cl)cc4)n3)ccc21. The molecule has 2 heterocycles. The van der Waals surface area contributed by atoms with Gasteiger partial charge in [0, 0.05) is 17.6 Å². The number of aromatic nitrogens is 5. The molecule has 0 saturated carbocycles. The first-order valence-electron chi connectivity index (χ1n) is 8.22. The molecule has 0 atom stereocenters. The van der Waals surface area contributed by atoms with E-state index in [0.29, 0.717) is 16.7 Å². The van der Waals surface area contributed by atoms with Gasteiger partial charge in [-0.3, -0.25) is 4.79 Å². The third-order valence-electron chi connectivity index (χ3n) is 4.05. The smallest absolute Gasteiger partial charge is 0.246 e. The Kier molecular flexibility index (Phi) is 4.55. The van der Waals surface area contributed by atoms with Crippen LogP contribution in [0.4, 0.5) is 0 Å². The molecule has 1 amide bonds. The van der Waals surface area contributed by atoms with Crippen molar-refractivity contribution in [2.45, 2.75) is 13.0 Å². The maximum atomic E-state index is 12.0. The maximum absolute atomic E-state index is 12.0. The number of fused-ring (bicyclic) bond motifs is 1. The first-order chi connectivity index (χ1) is 13.1. The van der Waals surface area contributed by atoms with Gasteiger partial charge in [0.2, 0.25) is 17.6 Å². The summed E-state index contributed by atoms with van der Waals surface area (Å²) < 4.78 is 6.91. The van der Waals surface area contributed by atoms with Crippen LogP contribution >= 0.6 is 11.6 Å². The Labute approximate surface area is 159 Å². The van der Waals surface area contributed by atoms with Gasteiger partial charge in [-0.25, -0.2) is 4.68 Å². The normalized spacial score (nSPS) is 11.0. The summed E-state index contributed by atoms with van der Waals surface area (Å²) in [5.74, 6) is 0.622. The highest BCUT2D eigenvalue weighted by molar-refractivity contribution is 6.30. The Bertz CT molecular complexity index is 1100. The van der Waals surface area contributed by atoms with Gasteiger partial charge in [0.15, 0.2) is 0 Å². The van der Waals surface area contributed by atoms with Gasteiger partial charge in [0.1, 0.15) is 5.52 Å². The van der Waals surface area contributed by atoms with Gasteiger partial charge in [0.25, 0.3) is 0 Å². The number of hydrogen-bond acceptors (Lipinski definition) is 6. The Morgan fingerprint density at radius 1 is 1.22 bits per heavy atom. The zero-order valence-corrected chi connectivity index (χ0v) is 15.1. The molecule has 0 radical (unpaired) electrons. The monoisotopic (exact) mass is 382 g/mol. The van der Waals surface area contributed by atoms with Crippen LogP contribution in [0, 0.1) is 0 Å². The zero-order valence-electron chi connectivity index (χ0n) is 14.4. The molecule has 4 rings (SSSR count). The van der Waals surface area contributed by atoms with Crippen LogP contribution in [0.3, 0.4) is 0 Å². The van der Waals surface area contributed by atoms with Crippen LogP contribution in [0.15, 0.2) is 47.0 Å². The zero-order chi connectivity index (χ0) is 18.8. The van der Waals surface area contributed by atoms with Crippen molar-refractivity contribution in [2.75, 3.05) is 0 Å². The van der Waals surface area contributed by atoms with E-state index in [1.54, 1.807) is 16.8 Å². The first-order valence-corrected chi connectivity index (χ1v) is 8.60. The van der Waals surface area contributed by atoms with Crippen molar-refractivity contribution in [3.05, 3.63) is 58.9 Å². The quantitative estimate of drug-likeness (QED) is 0.569. The molecule has 8 nitrogen and oxygen atoms in total. The third kappa shape index (κ3) is 3.80. The summed E-state index contributed by atoms with van der Waals surface area (Å²) in [5.41, 5.74) is 3.31.